The van der Waals surface area contributed by atoms with Gasteiger partial charge in [0.25, 0.3) is 0 Å². The molecule has 2 aromatic carbocycles. The van der Waals surface area contributed by atoms with E-state index in [1.54, 1.807) is 13.4 Å². The van der Waals surface area contributed by atoms with Crippen molar-refractivity contribution < 1.29 is 4.74 Å². The Balaban J connectivity index is 1.57. The van der Waals surface area contributed by atoms with Crippen LogP contribution in [0.1, 0.15) is 5.56 Å². The highest BCUT2D eigenvalue weighted by Gasteiger charge is 2.01. The molecule has 0 fully saturated rings. The lowest BCUT2D eigenvalue weighted by Crippen LogP contribution is -2.27. The SMILES string of the molecule is COc1ccc(CNC(=S)Nc2ccc3[nH]cnc3c2)cc1. The van der Waals surface area contributed by atoms with Crippen molar-refractivity contribution in [1.29, 1.82) is 0 Å². The van der Waals surface area contributed by atoms with E-state index in [1.807, 2.05) is 42.5 Å². The number of rotatable bonds is 4. The van der Waals surface area contributed by atoms with E-state index < -0.39 is 0 Å². The standard InChI is InChI=1S/C16H16N4OS/c1-21-13-5-2-11(3-6-13)9-17-16(22)20-12-4-7-14-15(8-12)19-10-18-14/h2-8,10H,9H2,1H3,(H,18,19)(H2,17,20,22). The van der Waals surface area contributed by atoms with E-state index in [0.717, 1.165) is 28.0 Å². The number of aromatic amines is 1. The predicted molar refractivity (Wildman–Crippen MR) is 92.1 cm³/mol. The third kappa shape index (κ3) is 3.35. The number of nitrogens with zero attached hydrogens (tertiary/aromatic N) is 1. The van der Waals surface area contributed by atoms with Crippen LogP contribution in [0.15, 0.2) is 48.8 Å². The summed E-state index contributed by atoms with van der Waals surface area (Å²) in [5.41, 5.74) is 3.95. The lowest BCUT2D eigenvalue weighted by Gasteiger charge is -2.11. The molecule has 3 N–H and O–H groups in total. The molecule has 22 heavy (non-hydrogen) atoms. The van der Waals surface area contributed by atoms with Gasteiger partial charge in [0.2, 0.25) is 0 Å². The minimum atomic E-state index is 0.575. The summed E-state index contributed by atoms with van der Waals surface area (Å²) in [6.07, 6.45) is 1.68. The fraction of sp³-hybridized carbons (Fsp3) is 0.125. The molecular weight excluding hydrogens is 296 g/mol. The van der Waals surface area contributed by atoms with Crippen LogP contribution in [0.25, 0.3) is 11.0 Å². The second-order valence-electron chi connectivity index (χ2n) is 4.79. The molecule has 0 bridgehead atoms. The Bertz CT molecular complexity index is 782. The van der Waals surface area contributed by atoms with Gasteiger partial charge in [-0.3, -0.25) is 0 Å². The summed E-state index contributed by atoms with van der Waals surface area (Å²) in [4.78, 5) is 7.28. The molecule has 0 aliphatic heterocycles. The molecule has 0 aliphatic rings. The maximum atomic E-state index is 5.31. The number of aromatic nitrogens is 2. The quantitative estimate of drug-likeness (QED) is 0.646. The summed E-state index contributed by atoms with van der Waals surface area (Å²) >= 11 is 5.31. The van der Waals surface area contributed by atoms with Crippen molar-refractivity contribution in [1.82, 2.24) is 15.3 Å². The number of imidazole rings is 1. The van der Waals surface area contributed by atoms with Crippen LogP contribution in [0, 0.1) is 0 Å². The molecule has 0 atom stereocenters. The minimum Gasteiger partial charge on any atom is -0.497 e. The van der Waals surface area contributed by atoms with Gasteiger partial charge in [-0.1, -0.05) is 12.1 Å². The van der Waals surface area contributed by atoms with Crippen LogP contribution in [0.2, 0.25) is 0 Å². The second-order valence-corrected chi connectivity index (χ2v) is 5.20. The molecule has 1 heterocycles. The van der Waals surface area contributed by atoms with Crippen molar-refractivity contribution in [2.24, 2.45) is 0 Å². The normalized spacial score (nSPS) is 10.4. The molecule has 0 aliphatic carbocycles. The lowest BCUT2D eigenvalue weighted by molar-refractivity contribution is 0.414. The molecule has 1 aromatic heterocycles. The van der Waals surface area contributed by atoms with Crippen molar-refractivity contribution in [3.63, 3.8) is 0 Å². The number of hydrogen-bond acceptors (Lipinski definition) is 3. The number of anilines is 1. The monoisotopic (exact) mass is 312 g/mol. The number of benzene rings is 2. The van der Waals surface area contributed by atoms with Crippen LogP contribution < -0.4 is 15.4 Å². The molecule has 0 saturated carbocycles. The van der Waals surface area contributed by atoms with Crippen molar-refractivity contribution in [3.8, 4) is 5.75 Å². The van der Waals surface area contributed by atoms with E-state index in [-0.39, 0.29) is 0 Å². The van der Waals surface area contributed by atoms with Gasteiger partial charge in [0.05, 0.1) is 24.5 Å². The van der Waals surface area contributed by atoms with Gasteiger partial charge < -0.3 is 20.4 Å². The maximum absolute atomic E-state index is 5.31. The van der Waals surface area contributed by atoms with E-state index in [1.165, 1.54) is 0 Å². The summed E-state index contributed by atoms with van der Waals surface area (Å²) in [5, 5.41) is 6.91. The highest BCUT2D eigenvalue weighted by Crippen LogP contribution is 2.15. The number of nitrogens with one attached hydrogen (secondary N) is 3. The summed E-state index contributed by atoms with van der Waals surface area (Å²) in [6.45, 7) is 0.653. The Morgan fingerprint density at radius 2 is 2.05 bits per heavy atom. The Morgan fingerprint density at radius 3 is 2.82 bits per heavy atom. The van der Waals surface area contributed by atoms with Crippen LogP contribution in [-0.2, 0) is 6.54 Å². The smallest absolute Gasteiger partial charge is 0.171 e. The van der Waals surface area contributed by atoms with Gasteiger partial charge in [-0.2, -0.15) is 0 Å². The third-order valence-electron chi connectivity index (χ3n) is 3.29. The van der Waals surface area contributed by atoms with Crippen LogP contribution >= 0.6 is 12.2 Å². The zero-order valence-corrected chi connectivity index (χ0v) is 12.9. The van der Waals surface area contributed by atoms with E-state index in [4.69, 9.17) is 17.0 Å². The van der Waals surface area contributed by atoms with Crippen molar-refractivity contribution >= 4 is 34.1 Å². The average Bonchev–Trinajstić information content (AvgIpc) is 3.01. The maximum Gasteiger partial charge on any atom is 0.171 e. The molecule has 0 unspecified atom stereocenters. The van der Waals surface area contributed by atoms with Crippen LogP contribution in [0.4, 0.5) is 5.69 Å². The Labute approximate surface area is 133 Å². The van der Waals surface area contributed by atoms with E-state index in [9.17, 15) is 0 Å². The topological polar surface area (TPSA) is 62.0 Å². The van der Waals surface area contributed by atoms with Gasteiger partial charge in [-0.15, -0.1) is 0 Å². The molecule has 0 spiro atoms. The summed E-state index contributed by atoms with van der Waals surface area (Å²) in [7, 11) is 1.66. The number of ether oxygens (including phenoxy) is 1. The van der Waals surface area contributed by atoms with Crippen LogP contribution in [0.3, 0.4) is 0 Å². The summed E-state index contributed by atoms with van der Waals surface area (Å²) < 4.78 is 5.14. The first-order chi connectivity index (χ1) is 10.7. The van der Waals surface area contributed by atoms with Crippen molar-refractivity contribution in [2.45, 2.75) is 6.54 Å². The Morgan fingerprint density at radius 1 is 1.23 bits per heavy atom. The van der Waals surface area contributed by atoms with Gasteiger partial charge >= 0.3 is 0 Å². The molecule has 112 valence electrons. The van der Waals surface area contributed by atoms with Gasteiger partial charge in [0.1, 0.15) is 5.75 Å². The number of thiocarbonyl (C=S) groups is 1. The van der Waals surface area contributed by atoms with Crippen molar-refractivity contribution in [3.05, 3.63) is 54.4 Å². The molecule has 0 saturated heterocycles. The van der Waals surface area contributed by atoms with E-state index in [0.29, 0.717) is 11.7 Å². The molecule has 6 heteroatoms. The highest BCUT2D eigenvalue weighted by atomic mass is 32.1. The number of fused-ring (bicyclic) bond motifs is 1. The fourth-order valence-corrected chi connectivity index (χ4v) is 2.30. The van der Waals surface area contributed by atoms with Gasteiger partial charge in [-0.05, 0) is 48.1 Å². The first kappa shape index (κ1) is 14.3. The van der Waals surface area contributed by atoms with Crippen LogP contribution in [-0.4, -0.2) is 22.2 Å². The first-order valence-electron chi connectivity index (χ1n) is 6.85. The third-order valence-corrected chi connectivity index (χ3v) is 3.54. The highest BCUT2D eigenvalue weighted by molar-refractivity contribution is 7.80. The largest absolute Gasteiger partial charge is 0.497 e. The van der Waals surface area contributed by atoms with Crippen molar-refractivity contribution in [2.75, 3.05) is 12.4 Å². The molecule has 5 nitrogen and oxygen atoms in total. The first-order valence-corrected chi connectivity index (χ1v) is 7.26. The summed E-state index contributed by atoms with van der Waals surface area (Å²) in [6, 6.07) is 13.7. The molecule has 3 aromatic rings. The Hall–Kier alpha value is -2.60. The van der Waals surface area contributed by atoms with E-state index in [2.05, 4.69) is 20.6 Å². The fourth-order valence-electron chi connectivity index (χ4n) is 2.11. The molecule has 0 radical (unpaired) electrons. The second kappa shape index (κ2) is 6.44. The lowest BCUT2D eigenvalue weighted by atomic mass is 10.2. The average molecular weight is 312 g/mol. The molecular formula is C16H16N4OS. The number of methoxy groups -OCH3 is 1. The van der Waals surface area contributed by atoms with Gasteiger partial charge in [0, 0.05) is 12.2 Å². The zero-order valence-electron chi connectivity index (χ0n) is 12.1. The molecule has 0 amide bonds. The predicted octanol–water partition coefficient (Wildman–Crippen LogP) is 3.06. The van der Waals surface area contributed by atoms with Gasteiger partial charge in [0.15, 0.2) is 5.11 Å². The minimum absolute atomic E-state index is 0.575. The molecule has 3 rings (SSSR count). The number of hydrogen-bond donors (Lipinski definition) is 3. The van der Waals surface area contributed by atoms with Crippen LogP contribution in [0.5, 0.6) is 5.75 Å². The van der Waals surface area contributed by atoms with E-state index >= 15 is 0 Å². The summed E-state index contributed by atoms with van der Waals surface area (Å²) in [5.74, 6) is 0.844. The number of H-pyrrole nitrogens is 1. The van der Waals surface area contributed by atoms with Gasteiger partial charge in [-0.25, -0.2) is 4.98 Å². The Kier molecular flexibility index (Phi) is 4.20. The zero-order chi connectivity index (χ0) is 15.4.